The molecular formula is C40H45N7O5. The number of rotatable bonds is 8. The van der Waals surface area contributed by atoms with E-state index in [1.54, 1.807) is 4.90 Å². The van der Waals surface area contributed by atoms with Crippen LogP contribution in [0.15, 0.2) is 48.7 Å². The number of ether oxygens (including phenoxy) is 2. The number of aromatic nitrogens is 4. The van der Waals surface area contributed by atoms with Crippen molar-refractivity contribution in [1.82, 2.24) is 35.1 Å². The number of imidazole rings is 2. The van der Waals surface area contributed by atoms with Crippen molar-refractivity contribution >= 4 is 39.7 Å². The van der Waals surface area contributed by atoms with E-state index in [9.17, 15) is 14.4 Å². The SMILES string of the molecule is CCC(C)CC(=O)N1C(c2ncc(-c3ccc4c(c3)COc3cc5c(ccc6[nH]c(C7CCCN7C(=O)CNC(=O)OC)nc65)cc3-4)[nH]2)CC[C@@H]1C. The lowest BCUT2D eigenvalue weighted by Gasteiger charge is -2.28. The van der Waals surface area contributed by atoms with Crippen molar-refractivity contribution in [3.63, 3.8) is 0 Å². The second-order valence-electron chi connectivity index (χ2n) is 14.5. The molecule has 2 aromatic heterocycles. The maximum atomic E-state index is 13.3. The normalized spacial score (nSPS) is 20.1. The van der Waals surface area contributed by atoms with E-state index in [0.717, 1.165) is 99.3 Å². The fraction of sp³-hybridized carbons (Fsp3) is 0.425. The summed E-state index contributed by atoms with van der Waals surface area (Å²) in [6, 6.07) is 14.8. The third kappa shape index (κ3) is 6.03. The Kier molecular flexibility index (Phi) is 8.84. The molecule has 0 spiro atoms. The van der Waals surface area contributed by atoms with Crippen LogP contribution in [0.3, 0.4) is 0 Å². The molecule has 4 atom stereocenters. The van der Waals surface area contributed by atoms with E-state index in [2.05, 4.69) is 77.2 Å². The molecule has 0 radical (unpaired) electrons. The van der Waals surface area contributed by atoms with Crippen molar-refractivity contribution in [3.05, 3.63) is 65.9 Å². The van der Waals surface area contributed by atoms with Crippen LogP contribution in [-0.4, -0.2) is 73.9 Å². The quantitative estimate of drug-likeness (QED) is 0.155. The molecule has 5 heterocycles. The molecule has 12 heteroatoms. The Morgan fingerprint density at radius 2 is 1.88 bits per heavy atom. The third-order valence-electron chi connectivity index (χ3n) is 11.2. The van der Waals surface area contributed by atoms with Gasteiger partial charge in [0.2, 0.25) is 11.8 Å². The van der Waals surface area contributed by atoms with Crippen molar-refractivity contribution in [2.24, 2.45) is 5.92 Å². The van der Waals surface area contributed by atoms with Gasteiger partial charge in [-0.05, 0) is 84.9 Å². The van der Waals surface area contributed by atoms with Crippen LogP contribution in [0.2, 0.25) is 0 Å². The number of hydrogen-bond donors (Lipinski definition) is 3. The van der Waals surface area contributed by atoms with Crippen LogP contribution in [0.1, 0.15) is 88.6 Å². The molecule has 3 aromatic carbocycles. The number of carbonyl (C=O) groups is 3. The lowest BCUT2D eigenvalue weighted by molar-refractivity contribution is -0.135. The highest BCUT2D eigenvalue weighted by Gasteiger charge is 2.37. The third-order valence-corrected chi connectivity index (χ3v) is 11.2. The molecular weight excluding hydrogens is 658 g/mol. The molecule has 3 amide bonds. The van der Waals surface area contributed by atoms with Gasteiger partial charge in [0.05, 0.1) is 42.1 Å². The summed E-state index contributed by atoms with van der Waals surface area (Å²) in [5.41, 5.74) is 6.93. The first-order valence-corrected chi connectivity index (χ1v) is 18.4. The summed E-state index contributed by atoms with van der Waals surface area (Å²) in [4.78, 5) is 58.4. The van der Waals surface area contributed by atoms with E-state index in [0.29, 0.717) is 25.5 Å². The van der Waals surface area contributed by atoms with Crippen LogP contribution in [0.25, 0.3) is 44.2 Å². The first kappa shape index (κ1) is 33.7. The van der Waals surface area contributed by atoms with Crippen molar-refractivity contribution in [2.45, 2.75) is 84.0 Å². The Morgan fingerprint density at radius 1 is 1.02 bits per heavy atom. The summed E-state index contributed by atoms with van der Waals surface area (Å²) in [7, 11) is 1.27. The number of nitrogens with zero attached hydrogens (tertiary/aromatic N) is 4. The van der Waals surface area contributed by atoms with Gasteiger partial charge in [-0.15, -0.1) is 0 Å². The number of methoxy groups -OCH3 is 1. The first-order valence-electron chi connectivity index (χ1n) is 18.4. The van der Waals surface area contributed by atoms with Gasteiger partial charge in [0.25, 0.3) is 0 Å². The highest BCUT2D eigenvalue weighted by molar-refractivity contribution is 6.07. The molecule has 0 saturated carbocycles. The molecule has 270 valence electrons. The monoisotopic (exact) mass is 703 g/mol. The number of H-pyrrole nitrogens is 2. The Bertz CT molecular complexity index is 2190. The number of hydrogen-bond acceptors (Lipinski definition) is 7. The zero-order valence-electron chi connectivity index (χ0n) is 30.1. The standard InChI is InChI=1S/C40H45N7O5/c1-5-22(2)15-35(48)47-23(3)8-13-33(47)38-41-19-31(44-38)25-9-11-27-26(16-25)21-52-34-18-28-24(17-29(27)34)10-12-30-37(28)45-39(43-30)32-7-6-14-46(32)36(49)20-42-40(50)51-4/h9-12,16-19,22-23,32-33H,5-8,13-15,20-21H2,1-4H3,(H,41,44)(H,42,50)(H,43,45)/t22?,23-,32?,33?/m0/s1. The van der Waals surface area contributed by atoms with Gasteiger partial charge >= 0.3 is 6.09 Å². The van der Waals surface area contributed by atoms with Crippen molar-refractivity contribution < 1.29 is 23.9 Å². The first-order chi connectivity index (χ1) is 25.2. The van der Waals surface area contributed by atoms with Crippen LogP contribution in [0.5, 0.6) is 5.75 Å². The van der Waals surface area contributed by atoms with Crippen molar-refractivity contribution in [3.8, 4) is 28.1 Å². The summed E-state index contributed by atoms with van der Waals surface area (Å²) in [6.07, 6.45) is 6.33. The summed E-state index contributed by atoms with van der Waals surface area (Å²) in [5.74, 6) is 2.79. The Hall–Kier alpha value is -5.39. The number of benzene rings is 3. The molecule has 3 N–H and O–H groups in total. The van der Waals surface area contributed by atoms with E-state index < -0.39 is 6.09 Å². The molecule has 2 fully saturated rings. The smallest absolute Gasteiger partial charge is 0.407 e. The van der Waals surface area contributed by atoms with Gasteiger partial charge < -0.3 is 34.6 Å². The summed E-state index contributed by atoms with van der Waals surface area (Å²) < 4.78 is 11.0. The molecule has 3 aliphatic rings. The minimum atomic E-state index is -0.632. The van der Waals surface area contributed by atoms with E-state index >= 15 is 0 Å². The number of alkyl carbamates (subject to hydrolysis) is 1. The predicted molar refractivity (Wildman–Crippen MR) is 197 cm³/mol. The fourth-order valence-corrected chi connectivity index (χ4v) is 8.18. The average molecular weight is 704 g/mol. The number of nitrogens with one attached hydrogen (secondary N) is 3. The summed E-state index contributed by atoms with van der Waals surface area (Å²) >= 11 is 0. The minimum absolute atomic E-state index is 0.0339. The lowest BCUT2D eigenvalue weighted by Crippen LogP contribution is -2.40. The van der Waals surface area contributed by atoms with Gasteiger partial charge in [0, 0.05) is 30.0 Å². The average Bonchev–Trinajstić information content (AvgIpc) is 3.98. The van der Waals surface area contributed by atoms with Crippen LogP contribution in [-0.2, 0) is 20.9 Å². The zero-order chi connectivity index (χ0) is 36.1. The molecule has 0 bridgehead atoms. The van der Waals surface area contributed by atoms with E-state index in [1.807, 2.05) is 17.2 Å². The molecule has 2 saturated heterocycles. The second kappa shape index (κ2) is 13.6. The number of fused-ring (bicyclic) bond motifs is 6. The molecule has 3 unspecified atom stereocenters. The van der Waals surface area contributed by atoms with Gasteiger partial charge in [-0.2, -0.15) is 0 Å². The van der Waals surface area contributed by atoms with Crippen molar-refractivity contribution in [1.29, 1.82) is 0 Å². The van der Waals surface area contributed by atoms with Crippen LogP contribution < -0.4 is 10.1 Å². The molecule has 8 rings (SSSR count). The maximum Gasteiger partial charge on any atom is 0.407 e. The van der Waals surface area contributed by atoms with Crippen LogP contribution in [0, 0.1) is 5.92 Å². The van der Waals surface area contributed by atoms with Gasteiger partial charge in [0.15, 0.2) is 0 Å². The van der Waals surface area contributed by atoms with Gasteiger partial charge in [-0.3, -0.25) is 9.59 Å². The highest BCUT2D eigenvalue weighted by Crippen LogP contribution is 2.43. The molecule has 5 aromatic rings. The van der Waals surface area contributed by atoms with Gasteiger partial charge in [-0.1, -0.05) is 38.5 Å². The number of aromatic amines is 2. The topological polar surface area (TPSA) is 146 Å². The summed E-state index contributed by atoms with van der Waals surface area (Å²) in [6.45, 7) is 7.32. The number of likely N-dealkylation sites (tertiary alicyclic amines) is 2. The molecule has 3 aliphatic heterocycles. The van der Waals surface area contributed by atoms with Gasteiger partial charge in [0.1, 0.15) is 30.5 Å². The van der Waals surface area contributed by atoms with E-state index in [4.69, 9.17) is 14.7 Å². The lowest BCUT2D eigenvalue weighted by atomic mass is 9.92. The fourth-order valence-electron chi connectivity index (χ4n) is 8.18. The molecule has 0 aliphatic carbocycles. The zero-order valence-corrected chi connectivity index (χ0v) is 30.1. The number of carbonyl (C=O) groups excluding carboxylic acids is 3. The molecule has 12 nitrogen and oxygen atoms in total. The molecule has 52 heavy (non-hydrogen) atoms. The van der Waals surface area contributed by atoms with Crippen LogP contribution in [0.4, 0.5) is 4.79 Å². The minimum Gasteiger partial charge on any atom is -0.488 e. The Morgan fingerprint density at radius 3 is 2.71 bits per heavy atom. The van der Waals surface area contributed by atoms with Crippen molar-refractivity contribution in [2.75, 3.05) is 20.2 Å². The Balaban J connectivity index is 1.04. The largest absolute Gasteiger partial charge is 0.488 e. The van der Waals surface area contributed by atoms with E-state index in [1.165, 1.54) is 7.11 Å². The predicted octanol–water partition coefficient (Wildman–Crippen LogP) is 7.17. The Labute approximate surface area is 302 Å². The van der Waals surface area contributed by atoms with E-state index in [-0.39, 0.29) is 36.5 Å². The second-order valence-corrected chi connectivity index (χ2v) is 14.5. The highest BCUT2D eigenvalue weighted by atomic mass is 16.5. The maximum absolute atomic E-state index is 13.3. The van der Waals surface area contributed by atoms with Crippen LogP contribution >= 0.6 is 0 Å². The van der Waals surface area contributed by atoms with Gasteiger partial charge in [-0.25, -0.2) is 14.8 Å². The summed E-state index contributed by atoms with van der Waals surface area (Å²) in [5, 5.41) is 4.51. The number of amides is 3.